The molecule has 0 aromatic heterocycles. The van der Waals surface area contributed by atoms with Crippen LogP contribution in [0.3, 0.4) is 0 Å². The van der Waals surface area contributed by atoms with E-state index in [9.17, 15) is 0 Å². The van der Waals surface area contributed by atoms with Crippen molar-refractivity contribution < 1.29 is 4.74 Å². The first-order valence-corrected chi connectivity index (χ1v) is 6.13. The van der Waals surface area contributed by atoms with Gasteiger partial charge in [-0.25, -0.2) is 0 Å². The largest absolute Gasteiger partial charge is 0.496 e. The molecule has 1 aliphatic heterocycles. The highest BCUT2D eigenvalue weighted by molar-refractivity contribution is 5.40. The lowest BCUT2D eigenvalue weighted by Crippen LogP contribution is -2.14. The molecule has 0 bridgehead atoms. The second-order valence-corrected chi connectivity index (χ2v) is 4.81. The van der Waals surface area contributed by atoms with Crippen LogP contribution in [-0.4, -0.2) is 13.7 Å². The van der Waals surface area contributed by atoms with Gasteiger partial charge >= 0.3 is 0 Å². The van der Waals surface area contributed by atoms with Gasteiger partial charge in [-0.1, -0.05) is 26.0 Å². The maximum absolute atomic E-state index is 5.45. The smallest absolute Gasteiger partial charge is 0.123 e. The zero-order valence-electron chi connectivity index (χ0n) is 10.4. The zero-order valence-corrected chi connectivity index (χ0v) is 10.4. The summed E-state index contributed by atoms with van der Waals surface area (Å²) in [6.45, 7) is 5.58. The predicted octanol–water partition coefficient (Wildman–Crippen LogP) is 3.24. The van der Waals surface area contributed by atoms with Crippen LogP contribution in [0, 0.1) is 0 Å². The summed E-state index contributed by atoms with van der Waals surface area (Å²) >= 11 is 0. The Morgan fingerprint density at radius 2 is 2.19 bits per heavy atom. The fourth-order valence-corrected chi connectivity index (χ4v) is 2.33. The van der Waals surface area contributed by atoms with E-state index in [2.05, 4.69) is 37.4 Å². The van der Waals surface area contributed by atoms with E-state index in [1.807, 2.05) is 0 Å². The molecule has 2 rings (SSSR count). The molecule has 1 heterocycles. The molecule has 1 saturated heterocycles. The SMILES string of the molecule is COc1ccc(C(C)C)cc1[C@@H]1CCCN1. The maximum atomic E-state index is 5.45. The molecule has 0 aliphatic carbocycles. The number of hydrogen-bond donors (Lipinski definition) is 1. The van der Waals surface area contributed by atoms with E-state index in [0.29, 0.717) is 12.0 Å². The number of benzene rings is 1. The van der Waals surface area contributed by atoms with Gasteiger partial charge in [-0.3, -0.25) is 0 Å². The van der Waals surface area contributed by atoms with Crippen LogP contribution < -0.4 is 10.1 Å². The van der Waals surface area contributed by atoms with Crippen LogP contribution in [0.25, 0.3) is 0 Å². The van der Waals surface area contributed by atoms with Crippen molar-refractivity contribution in [3.8, 4) is 5.75 Å². The first kappa shape index (κ1) is 11.5. The van der Waals surface area contributed by atoms with Crippen molar-refractivity contribution in [2.45, 2.75) is 38.6 Å². The summed E-state index contributed by atoms with van der Waals surface area (Å²) in [4.78, 5) is 0. The van der Waals surface area contributed by atoms with E-state index >= 15 is 0 Å². The molecular formula is C14H21NO. The summed E-state index contributed by atoms with van der Waals surface area (Å²) < 4.78 is 5.45. The van der Waals surface area contributed by atoms with Crippen molar-refractivity contribution in [3.05, 3.63) is 29.3 Å². The number of methoxy groups -OCH3 is 1. The van der Waals surface area contributed by atoms with Crippen LogP contribution in [-0.2, 0) is 0 Å². The number of rotatable bonds is 3. The van der Waals surface area contributed by atoms with Crippen molar-refractivity contribution in [1.82, 2.24) is 5.32 Å². The topological polar surface area (TPSA) is 21.3 Å². The third-order valence-corrected chi connectivity index (χ3v) is 3.36. The van der Waals surface area contributed by atoms with Gasteiger partial charge in [0.2, 0.25) is 0 Å². The van der Waals surface area contributed by atoms with E-state index in [1.54, 1.807) is 7.11 Å². The Kier molecular flexibility index (Phi) is 3.49. The molecule has 0 unspecified atom stereocenters. The van der Waals surface area contributed by atoms with Crippen molar-refractivity contribution in [1.29, 1.82) is 0 Å². The first-order valence-electron chi connectivity index (χ1n) is 6.13. The summed E-state index contributed by atoms with van der Waals surface area (Å²) in [5.41, 5.74) is 2.72. The standard InChI is InChI=1S/C14H21NO/c1-10(2)11-6-7-14(16-3)12(9-11)13-5-4-8-15-13/h6-7,9-10,13,15H,4-5,8H2,1-3H3/t13-/m0/s1. The molecule has 16 heavy (non-hydrogen) atoms. The highest BCUT2D eigenvalue weighted by Gasteiger charge is 2.20. The average Bonchev–Trinajstić information content (AvgIpc) is 2.81. The summed E-state index contributed by atoms with van der Waals surface area (Å²) in [7, 11) is 1.75. The Morgan fingerprint density at radius 3 is 2.75 bits per heavy atom. The van der Waals surface area contributed by atoms with E-state index < -0.39 is 0 Å². The van der Waals surface area contributed by atoms with Crippen LogP contribution in [0.1, 0.15) is 49.8 Å². The van der Waals surface area contributed by atoms with Gasteiger partial charge in [-0.15, -0.1) is 0 Å². The third kappa shape index (κ3) is 2.22. The van der Waals surface area contributed by atoms with Gasteiger partial charge in [0.1, 0.15) is 5.75 Å². The predicted molar refractivity (Wildman–Crippen MR) is 67.1 cm³/mol. The second kappa shape index (κ2) is 4.88. The number of hydrogen-bond acceptors (Lipinski definition) is 2. The van der Waals surface area contributed by atoms with Gasteiger partial charge in [-0.05, 0) is 36.9 Å². The Morgan fingerprint density at radius 1 is 1.38 bits per heavy atom. The molecule has 1 aromatic rings. The Hall–Kier alpha value is -1.02. The van der Waals surface area contributed by atoms with E-state index in [1.165, 1.54) is 24.0 Å². The van der Waals surface area contributed by atoms with Gasteiger partial charge in [-0.2, -0.15) is 0 Å². The quantitative estimate of drug-likeness (QED) is 0.842. The van der Waals surface area contributed by atoms with Gasteiger partial charge in [0.15, 0.2) is 0 Å². The Balaban J connectivity index is 2.34. The molecule has 0 spiro atoms. The lowest BCUT2D eigenvalue weighted by molar-refractivity contribution is 0.403. The van der Waals surface area contributed by atoms with E-state index in [4.69, 9.17) is 4.74 Å². The molecule has 88 valence electrons. The minimum Gasteiger partial charge on any atom is -0.496 e. The van der Waals surface area contributed by atoms with Crippen molar-refractivity contribution in [2.24, 2.45) is 0 Å². The zero-order chi connectivity index (χ0) is 11.5. The molecule has 1 N–H and O–H groups in total. The number of nitrogens with one attached hydrogen (secondary N) is 1. The minimum atomic E-state index is 0.480. The van der Waals surface area contributed by atoms with Crippen LogP contribution in [0.2, 0.25) is 0 Å². The van der Waals surface area contributed by atoms with Gasteiger partial charge in [0.05, 0.1) is 7.11 Å². The lowest BCUT2D eigenvalue weighted by Gasteiger charge is -2.17. The lowest BCUT2D eigenvalue weighted by atomic mass is 9.96. The number of ether oxygens (including phenoxy) is 1. The molecule has 0 saturated carbocycles. The highest BCUT2D eigenvalue weighted by Crippen LogP contribution is 2.33. The van der Waals surface area contributed by atoms with Crippen LogP contribution in [0.5, 0.6) is 5.75 Å². The summed E-state index contributed by atoms with van der Waals surface area (Å²) in [5.74, 6) is 1.59. The average molecular weight is 219 g/mol. The fourth-order valence-electron chi connectivity index (χ4n) is 2.33. The molecule has 1 aliphatic rings. The van der Waals surface area contributed by atoms with Gasteiger partial charge in [0.25, 0.3) is 0 Å². The highest BCUT2D eigenvalue weighted by atomic mass is 16.5. The summed E-state index contributed by atoms with van der Waals surface area (Å²) in [6.07, 6.45) is 2.48. The van der Waals surface area contributed by atoms with E-state index in [-0.39, 0.29) is 0 Å². The first-order chi connectivity index (χ1) is 7.72. The molecule has 0 amide bonds. The van der Waals surface area contributed by atoms with Gasteiger partial charge < -0.3 is 10.1 Å². The molecule has 2 nitrogen and oxygen atoms in total. The van der Waals surface area contributed by atoms with Gasteiger partial charge in [0, 0.05) is 11.6 Å². The third-order valence-electron chi connectivity index (χ3n) is 3.36. The second-order valence-electron chi connectivity index (χ2n) is 4.81. The molecule has 1 fully saturated rings. The van der Waals surface area contributed by atoms with Crippen molar-refractivity contribution >= 4 is 0 Å². The van der Waals surface area contributed by atoms with Crippen molar-refractivity contribution in [2.75, 3.05) is 13.7 Å². The molecule has 1 aromatic carbocycles. The normalized spacial score (nSPS) is 20.4. The molecular weight excluding hydrogens is 198 g/mol. The Bertz CT molecular complexity index is 354. The minimum absolute atomic E-state index is 0.480. The maximum Gasteiger partial charge on any atom is 0.123 e. The molecule has 2 heteroatoms. The van der Waals surface area contributed by atoms with Crippen LogP contribution in [0.4, 0.5) is 0 Å². The summed E-state index contributed by atoms with van der Waals surface area (Å²) in [6, 6.07) is 7.05. The van der Waals surface area contributed by atoms with Crippen LogP contribution in [0.15, 0.2) is 18.2 Å². The fraction of sp³-hybridized carbons (Fsp3) is 0.571. The molecule has 1 atom stereocenters. The monoisotopic (exact) mass is 219 g/mol. The summed E-state index contributed by atoms with van der Waals surface area (Å²) in [5, 5.41) is 3.53. The van der Waals surface area contributed by atoms with Crippen molar-refractivity contribution in [3.63, 3.8) is 0 Å². The molecule has 0 radical (unpaired) electrons. The Labute approximate surface area is 98.0 Å². The van der Waals surface area contributed by atoms with E-state index in [0.717, 1.165) is 12.3 Å². The van der Waals surface area contributed by atoms with Crippen LogP contribution >= 0.6 is 0 Å².